The monoisotopic (exact) mass is 321 g/mol. The Morgan fingerprint density at radius 1 is 1.12 bits per heavy atom. The first kappa shape index (κ1) is 19.5. The highest BCUT2D eigenvalue weighted by Crippen LogP contribution is 2.26. The van der Waals surface area contributed by atoms with Gasteiger partial charge in [-0.2, -0.15) is 0 Å². The Bertz CT molecular complexity index is 782. The van der Waals surface area contributed by atoms with Crippen LogP contribution in [0, 0.1) is 6.92 Å². The SMILES string of the molecule is CC=C=C(C)\C=C(C)/C(=C\C)/C=C(\C(C)=O)c1cc(N)ccc1C. The molecule has 0 radical (unpaired) electrons. The van der Waals surface area contributed by atoms with Gasteiger partial charge in [0.25, 0.3) is 0 Å². The van der Waals surface area contributed by atoms with Crippen LogP contribution in [0.2, 0.25) is 0 Å². The fourth-order valence-electron chi connectivity index (χ4n) is 2.56. The maximum atomic E-state index is 12.2. The van der Waals surface area contributed by atoms with Gasteiger partial charge in [-0.25, -0.2) is 0 Å². The Kier molecular flexibility index (Phi) is 7.23. The molecule has 1 rings (SSSR count). The van der Waals surface area contributed by atoms with Crippen LogP contribution in [0.3, 0.4) is 0 Å². The molecule has 126 valence electrons. The van der Waals surface area contributed by atoms with Crippen LogP contribution in [0.4, 0.5) is 5.69 Å². The lowest BCUT2D eigenvalue weighted by atomic mass is 9.93. The maximum Gasteiger partial charge on any atom is 0.160 e. The molecule has 0 bridgehead atoms. The van der Waals surface area contributed by atoms with E-state index < -0.39 is 0 Å². The highest BCUT2D eigenvalue weighted by molar-refractivity contribution is 6.20. The molecule has 2 nitrogen and oxygen atoms in total. The van der Waals surface area contributed by atoms with Crippen molar-refractivity contribution in [1.82, 2.24) is 0 Å². The van der Waals surface area contributed by atoms with E-state index in [-0.39, 0.29) is 5.78 Å². The second-order valence-corrected chi connectivity index (χ2v) is 5.88. The predicted molar refractivity (Wildman–Crippen MR) is 105 cm³/mol. The fourth-order valence-corrected chi connectivity index (χ4v) is 2.56. The Morgan fingerprint density at radius 2 is 1.79 bits per heavy atom. The molecule has 2 N–H and O–H groups in total. The third kappa shape index (κ3) is 5.26. The van der Waals surface area contributed by atoms with Crippen LogP contribution in [0.1, 0.15) is 45.7 Å². The molecule has 0 unspecified atom stereocenters. The van der Waals surface area contributed by atoms with E-state index in [0.29, 0.717) is 11.3 Å². The molecule has 0 heterocycles. The molecular formula is C22H27NO. The lowest BCUT2D eigenvalue weighted by Gasteiger charge is -2.11. The van der Waals surface area contributed by atoms with Gasteiger partial charge in [-0.15, -0.1) is 5.73 Å². The first-order valence-corrected chi connectivity index (χ1v) is 8.12. The average Bonchev–Trinajstić information content (AvgIpc) is 2.50. The van der Waals surface area contributed by atoms with Crippen LogP contribution in [0.15, 0.2) is 65.0 Å². The van der Waals surface area contributed by atoms with E-state index >= 15 is 0 Å². The van der Waals surface area contributed by atoms with Crippen LogP contribution >= 0.6 is 0 Å². The number of nitrogens with two attached hydrogens (primary N) is 1. The number of hydrogen-bond acceptors (Lipinski definition) is 2. The summed E-state index contributed by atoms with van der Waals surface area (Å²) in [6, 6.07) is 5.65. The summed E-state index contributed by atoms with van der Waals surface area (Å²) in [5, 5.41) is 0. The summed E-state index contributed by atoms with van der Waals surface area (Å²) in [5.74, 6) is 0.0246. The minimum atomic E-state index is 0.0246. The highest BCUT2D eigenvalue weighted by atomic mass is 16.1. The summed E-state index contributed by atoms with van der Waals surface area (Å²) >= 11 is 0. The molecule has 0 saturated carbocycles. The molecule has 0 amide bonds. The van der Waals surface area contributed by atoms with Gasteiger partial charge in [-0.05, 0) is 99.7 Å². The van der Waals surface area contributed by atoms with Crippen molar-refractivity contribution in [3.05, 3.63) is 76.1 Å². The number of benzene rings is 1. The molecule has 0 aliphatic carbocycles. The minimum absolute atomic E-state index is 0.0246. The van der Waals surface area contributed by atoms with Crippen molar-refractivity contribution >= 4 is 17.0 Å². The third-order valence-corrected chi connectivity index (χ3v) is 3.80. The van der Waals surface area contributed by atoms with Crippen LogP contribution in [-0.2, 0) is 4.79 Å². The van der Waals surface area contributed by atoms with Gasteiger partial charge in [0.1, 0.15) is 0 Å². The van der Waals surface area contributed by atoms with Crippen LogP contribution < -0.4 is 5.73 Å². The van der Waals surface area contributed by atoms with Crippen LogP contribution in [0.25, 0.3) is 5.57 Å². The Morgan fingerprint density at radius 3 is 2.33 bits per heavy atom. The maximum absolute atomic E-state index is 12.2. The first-order valence-electron chi connectivity index (χ1n) is 8.12. The topological polar surface area (TPSA) is 43.1 Å². The van der Waals surface area contributed by atoms with Gasteiger partial charge in [0.15, 0.2) is 5.78 Å². The van der Waals surface area contributed by atoms with Gasteiger partial charge in [0, 0.05) is 11.3 Å². The van der Waals surface area contributed by atoms with Crippen LogP contribution in [0.5, 0.6) is 0 Å². The highest BCUT2D eigenvalue weighted by Gasteiger charge is 2.12. The summed E-state index contributed by atoms with van der Waals surface area (Å²) in [7, 11) is 0. The molecule has 0 spiro atoms. The fraction of sp³-hybridized carbons (Fsp3) is 0.273. The van der Waals surface area contributed by atoms with E-state index in [9.17, 15) is 4.79 Å². The summed E-state index contributed by atoms with van der Waals surface area (Å²) in [5.41, 5.74) is 15.5. The number of hydrogen-bond donors (Lipinski definition) is 1. The van der Waals surface area contributed by atoms with Crippen molar-refractivity contribution in [3.63, 3.8) is 0 Å². The van der Waals surface area contributed by atoms with Crippen molar-refractivity contribution < 1.29 is 4.79 Å². The zero-order valence-corrected chi connectivity index (χ0v) is 15.5. The smallest absolute Gasteiger partial charge is 0.160 e. The molecule has 0 atom stereocenters. The number of rotatable bonds is 5. The van der Waals surface area contributed by atoms with E-state index in [1.807, 2.05) is 71.0 Å². The lowest BCUT2D eigenvalue weighted by molar-refractivity contribution is -0.111. The van der Waals surface area contributed by atoms with E-state index in [2.05, 4.69) is 11.8 Å². The van der Waals surface area contributed by atoms with E-state index in [4.69, 9.17) is 5.73 Å². The Labute approximate surface area is 145 Å². The summed E-state index contributed by atoms with van der Waals surface area (Å²) in [6.07, 6.45) is 7.91. The van der Waals surface area contributed by atoms with Crippen molar-refractivity contribution in [2.45, 2.75) is 41.5 Å². The normalized spacial score (nSPS) is 12.7. The first-order chi connectivity index (χ1) is 11.3. The Balaban J connectivity index is 3.46. The van der Waals surface area contributed by atoms with E-state index in [0.717, 1.165) is 27.8 Å². The number of Topliss-reactive ketones (excluding diaryl/α,β-unsaturated/α-hetero) is 1. The average molecular weight is 321 g/mol. The van der Waals surface area contributed by atoms with E-state index in [1.165, 1.54) is 0 Å². The zero-order chi connectivity index (χ0) is 18.3. The van der Waals surface area contributed by atoms with Crippen LogP contribution in [-0.4, -0.2) is 5.78 Å². The zero-order valence-electron chi connectivity index (χ0n) is 15.5. The molecule has 0 aliphatic rings. The largest absolute Gasteiger partial charge is 0.399 e. The minimum Gasteiger partial charge on any atom is -0.399 e. The summed E-state index contributed by atoms with van der Waals surface area (Å²) < 4.78 is 0. The number of carbonyl (C=O) groups excluding carboxylic acids is 1. The van der Waals surface area contributed by atoms with Gasteiger partial charge in [-0.3, -0.25) is 4.79 Å². The quantitative estimate of drug-likeness (QED) is 0.334. The van der Waals surface area contributed by atoms with Gasteiger partial charge < -0.3 is 5.73 Å². The third-order valence-electron chi connectivity index (χ3n) is 3.80. The molecule has 0 aliphatic heterocycles. The second kappa shape index (κ2) is 8.90. The standard InChI is InChI=1S/C22H27NO/c1-7-9-15(3)12-17(5)19(8-2)13-22(18(6)24)21-14-20(23)11-10-16(21)4/h7-8,10-14H,23H2,1-6H3/b17-12-,19-8-,22-13+. The van der Waals surface area contributed by atoms with Gasteiger partial charge in [-0.1, -0.05) is 12.1 Å². The molecular weight excluding hydrogens is 294 g/mol. The molecule has 2 heteroatoms. The number of nitrogen functional groups attached to an aromatic ring is 1. The van der Waals surface area contributed by atoms with Crippen molar-refractivity contribution in [2.75, 3.05) is 5.73 Å². The molecule has 24 heavy (non-hydrogen) atoms. The molecule has 0 saturated heterocycles. The van der Waals surface area contributed by atoms with Gasteiger partial charge in [0.05, 0.1) is 0 Å². The molecule has 1 aromatic carbocycles. The Hall–Kier alpha value is -2.57. The molecule has 0 fully saturated rings. The van der Waals surface area contributed by atoms with Crippen molar-refractivity contribution in [1.29, 1.82) is 0 Å². The number of allylic oxidation sites excluding steroid dienone is 7. The lowest BCUT2D eigenvalue weighted by Crippen LogP contribution is -2.01. The number of carbonyl (C=O) groups is 1. The summed E-state index contributed by atoms with van der Waals surface area (Å²) in [4.78, 5) is 12.2. The molecule has 0 aromatic heterocycles. The number of anilines is 1. The number of ketones is 1. The van der Waals surface area contributed by atoms with Crippen molar-refractivity contribution in [2.24, 2.45) is 0 Å². The van der Waals surface area contributed by atoms with Gasteiger partial charge >= 0.3 is 0 Å². The second-order valence-electron chi connectivity index (χ2n) is 5.88. The predicted octanol–water partition coefficient (Wildman–Crippen LogP) is 5.56. The molecule has 1 aromatic rings. The number of aryl methyl sites for hydroxylation is 1. The summed E-state index contributed by atoms with van der Waals surface area (Å²) in [6.45, 7) is 11.5. The van der Waals surface area contributed by atoms with Crippen molar-refractivity contribution in [3.8, 4) is 0 Å². The van der Waals surface area contributed by atoms with E-state index in [1.54, 1.807) is 6.92 Å². The van der Waals surface area contributed by atoms with Gasteiger partial charge in [0.2, 0.25) is 0 Å².